The van der Waals surface area contributed by atoms with E-state index in [2.05, 4.69) is 16.0 Å². The zero-order valence-electron chi connectivity index (χ0n) is 16.0. The van der Waals surface area contributed by atoms with E-state index in [1.807, 2.05) is 5.38 Å². The minimum absolute atomic E-state index is 0.0672. The Bertz CT molecular complexity index is 1040. The molecule has 0 atom stereocenters. The molecule has 1 aromatic heterocycles. The second-order valence-corrected chi connectivity index (χ2v) is 7.37. The number of carbonyl (C=O) groups is 3. The summed E-state index contributed by atoms with van der Waals surface area (Å²) in [6, 6.07) is 16.0. The fraction of sp³-hybridized carbons (Fsp3) is 0.136. The highest BCUT2D eigenvalue weighted by Crippen LogP contribution is 2.15. The number of hydrogen-bond acceptors (Lipinski definition) is 4. The fourth-order valence-electron chi connectivity index (χ4n) is 2.71. The second kappa shape index (κ2) is 10.3. The van der Waals surface area contributed by atoms with E-state index in [-0.39, 0.29) is 43.0 Å². The van der Waals surface area contributed by atoms with Crippen LogP contribution in [0.2, 0.25) is 0 Å². The number of anilines is 1. The maximum Gasteiger partial charge on any atom is 0.265 e. The molecule has 0 aliphatic heterocycles. The van der Waals surface area contributed by atoms with Gasteiger partial charge in [0, 0.05) is 24.3 Å². The van der Waals surface area contributed by atoms with E-state index >= 15 is 0 Å². The summed E-state index contributed by atoms with van der Waals surface area (Å²) >= 11 is 1.33. The Morgan fingerprint density at radius 1 is 0.867 bits per heavy atom. The molecule has 154 valence electrons. The SMILES string of the molecule is O=C(Cc1cccc(F)c1)NCCNC(=O)c1cccc(NC(=O)c2cccs2)c1. The van der Waals surface area contributed by atoms with Gasteiger partial charge in [0.1, 0.15) is 5.82 Å². The summed E-state index contributed by atoms with van der Waals surface area (Å²) in [5.74, 6) is -1.19. The molecule has 0 aliphatic rings. The molecule has 6 nitrogen and oxygen atoms in total. The van der Waals surface area contributed by atoms with Gasteiger partial charge in [-0.3, -0.25) is 14.4 Å². The summed E-state index contributed by atoms with van der Waals surface area (Å²) in [6.07, 6.45) is 0.0672. The van der Waals surface area contributed by atoms with Crippen molar-refractivity contribution in [1.29, 1.82) is 0 Å². The molecule has 8 heteroatoms. The second-order valence-electron chi connectivity index (χ2n) is 6.42. The fourth-order valence-corrected chi connectivity index (χ4v) is 3.33. The number of hydrogen-bond donors (Lipinski definition) is 3. The average molecular weight is 425 g/mol. The lowest BCUT2D eigenvalue weighted by Gasteiger charge is -2.09. The van der Waals surface area contributed by atoms with Gasteiger partial charge in [0.25, 0.3) is 11.8 Å². The van der Waals surface area contributed by atoms with Gasteiger partial charge in [0.2, 0.25) is 5.91 Å². The van der Waals surface area contributed by atoms with Crippen LogP contribution in [0.4, 0.5) is 10.1 Å². The molecule has 3 N–H and O–H groups in total. The first-order valence-electron chi connectivity index (χ1n) is 9.25. The van der Waals surface area contributed by atoms with E-state index in [1.54, 1.807) is 48.5 Å². The maximum atomic E-state index is 13.1. The van der Waals surface area contributed by atoms with Gasteiger partial charge in [-0.15, -0.1) is 11.3 Å². The van der Waals surface area contributed by atoms with E-state index < -0.39 is 0 Å². The van der Waals surface area contributed by atoms with Crippen LogP contribution in [0.5, 0.6) is 0 Å². The summed E-state index contributed by atoms with van der Waals surface area (Å²) < 4.78 is 13.1. The Labute approximate surface area is 177 Å². The molecule has 0 bridgehead atoms. The molecule has 0 unspecified atom stereocenters. The van der Waals surface area contributed by atoms with E-state index in [0.29, 0.717) is 21.7 Å². The van der Waals surface area contributed by atoms with Gasteiger partial charge in [-0.2, -0.15) is 0 Å². The van der Waals surface area contributed by atoms with Crippen molar-refractivity contribution in [3.05, 3.63) is 87.9 Å². The Balaban J connectivity index is 1.43. The zero-order valence-corrected chi connectivity index (χ0v) is 16.8. The van der Waals surface area contributed by atoms with Crippen LogP contribution in [0.15, 0.2) is 66.0 Å². The highest BCUT2D eigenvalue weighted by atomic mass is 32.1. The molecular weight excluding hydrogens is 405 g/mol. The minimum Gasteiger partial charge on any atom is -0.354 e. The third-order valence-corrected chi connectivity index (χ3v) is 4.98. The van der Waals surface area contributed by atoms with Crippen molar-refractivity contribution in [2.75, 3.05) is 18.4 Å². The van der Waals surface area contributed by atoms with Crippen LogP contribution < -0.4 is 16.0 Å². The van der Waals surface area contributed by atoms with Gasteiger partial charge in [-0.05, 0) is 47.3 Å². The van der Waals surface area contributed by atoms with Gasteiger partial charge in [0.05, 0.1) is 11.3 Å². The quantitative estimate of drug-likeness (QED) is 0.484. The lowest BCUT2D eigenvalue weighted by atomic mass is 10.1. The van der Waals surface area contributed by atoms with E-state index in [1.165, 1.54) is 23.5 Å². The summed E-state index contributed by atoms with van der Waals surface area (Å²) in [5, 5.41) is 9.96. The van der Waals surface area contributed by atoms with Crippen molar-refractivity contribution in [3.63, 3.8) is 0 Å². The normalized spacial score (nSPS) is 10.3. The largest absolute Gasteiger partial charge is 0.354 e. The molecule has 3 amide bonds. The number of nitrogens with one attached hydrogen (secondary N) is 3. The first-order valence-corrected chi connectivity index (χ1v) is 10.1. The predicted octanol–water partition coefficient (Wildman–Crippen LogP) is 3.23. The Hall–Kier alpha value is -3.52. The van der Waals surface area contributed by atoms with Crippen molar-refractivity contribution < 1.29 is 18.8 Å². The van der Waals surface area contributed by atoms with Gasteiger partial charge in [-0.25, -0.2) is 4.39 Å². The molecule has 0 aliphatic carbocycles. The Kier molecular flexibility index (Phi) is 7.29. The highest BCUT2D eigenvalue weighted by Gasteiger charge is 2.10. The molecule has 0 spiro atoms. The lowest BCUT2D eigenvalue weighted by molar-refractivity contribution is -0.120. The van der Waals surface area contributed by atoms with Crippen molar-refractivity contribution in [2.45, 2.75) is 6.42 Å². The number of thiophene rings is 1. The van der Waals surface area contributed by atoms with E-state index in [4.69, 9.17) is 0 Å². The van der Waals surface area contributed by atoms with Gasteiger partial charge < -0.3 is 16.0 Å². The molecule has 0 saturated heterocycles. The topological polar surface area (TPSA) is 87.3 Å². The van der Waals surface area contributed by atoms with Crippen LogP contribution in [0, 0.1) is 5.82 Å². The lowest BCUT2D eigenvalue weighted by Crippen LogP contribution is -2.35. The first kappa shape index (κ1) is 21.2. The molecule has 3 rings (SSSR count). The molecule has 30 heavy (non-hydrogen) atoms. The Morgan fingerprint density at radius 3 is 2.43 bits per heavy atom. The van der Waals surface area contributed by atoms with Crippen LogP contribution in [0.25, 0.3) is 0 Å². The molecule has 3 aromatic rings. The van der Waals surface area contributed by atoms with Crippen LogP contribution in [0.3, 0.4) is 0 Å². The number of halogens is 1. The highest BCUT2D eigenvalue weighted by molar-refractivity contribution is 7.12. The van der Waals surface area contributed by atoms with E-state index in [0.717, 1.165) is 0 Å². The molecule has 0 saturated carbocycles. The Morgan fingerprint density at radius 2 is 1.67 bits per heavy atom. The van der Waals surface area contributed by atoms with Crippen LogP contribution >= 0.6 is 11.3 Å². The van der Waals surface area contributed by atoms with Crippen molar-refractivity contribution in [1.82, 2.24) is 10.6 Å². The van der Waals surface area contributed by atoms with Gasteiger partial charge >= 0.3 is 0 Å². The van der Waals surface area contributed by atoms with Crippen LogP contribution in [-0.2, 0) is 11.2 Å². The molecular formula is C22H20FN3O3S. The summed E-state index contributed by atoms with van der Waals surface area (Å²) in [4.78, 5) is 36.9. The van der Waals surface area contributed by atoms with Crippen LogP contribution in [-0.4, -0.2) is 30.8 Å². The summed E-state index contributed by atoms with van der Waals surface area (Å²) in [6.45, 7) is 0.480. The third kappa shape index (κ3) is 6.25. The van der Waals surface area contributed by atoms with Crippen molar-refractivity contribution in [3.8, 4) is 0 Å². The van der Waals surface area contributed by atoms with Crippen molar-refractivity contribution >= 4 is 34.7 Å². The molecule has 0 fully saturated rings. The number of benzene rings is 2. The van der Waals surface area contributed by atoms with Gasteiger partial charge in [-0.1, -0.05) is 24.3 Å². The summed E-state index contributed by atoms with van der Waals surface area (Å²) in [5.41, 5.74) is 1.49. The van der Waals surface area contributed by atoms with Gasteiger partial charge in [0.15, 0.2) is 0 Å². The van der Waals surface area contributed by atoms with Crippen LogP contribution in [0.1, 0.15) is 25.6 Å². The molecule has 0 radical (unpaired) electrons. The van der Waals surface area contributed by atoms with Crippen molar-refractivity contribution in [2.24, 2.45) is 0 Å². The number of rotatable bonds is 8. The average Bonchev–Trinajstić information content (AvgIpc) is 3.26. The number of amides is 3. The standard InChI is InChI=1S/C22H20FN3O3S/c23-17-6-1-4-15(12-17)13-20(27)24-9-10-25-21(28)16-5-2-7-18(14-16)26-22(29)19-8-3-11-30-19/h1-8,11-12,14H,9-10,13H2,(H,24,27)(H,25,28)(H,26,29). The first-order chi connectivity index (χ1) is 14.5. The van der Waals surface area contributed by atoms with E-state index in [9.17, 15) is 18.8 Å². The predicted molar refractivity (Wildman–Crippen MR) is 114 cm³/mol. The molecule has 1 heterocycles. The minimum atomic E-state index is -0.388. The maximum absolute atomic E-state index is 13.1. The number of carbonyl (C=O) groups excluding carboxylic acids is 3. The molecule has 2 aromatic carbocycles. The third-order valence-electron chi connectivity index (χ3n) is 4.11. The summed E-state index contributed by atoms with van der Waals surface area (Å²) in [7, 11) is 0. The smallest absolute Gasteiger partial charge is 0.265 e. The monoisotopic (exact) mass is 425 g/mol. The zero-order chi connectivity index (χ0) is 21.3.